The maximum absolute atomic E-state index is 5.37. The van der Waals surface area contributed by atoms with Gasteiger partial charge in [0.15, 0.2) is 5.82 Å². The number of hydrogen-bond acceptors (Lipinski definition) is 5. The van der Waals surface area contributed by atoms with E-state index in [9.17, 15) is 0 Å². The van der Waals surface area contributed by atoms with Crippen molar-refractivity contribution in [3.8, 4) is 0 Å². The first-order chi connectivity index (χ1) is 10.2. The molecule has 2 aromatic rings. The Morgan fingerprint density at radius 3 is 2.76 bits per heavy atom. The van der Waals surface area contributed by atoms with Crippen LogP contribution >= 0.6 is 0 Å². The van der Waals surface area contributed by atoms with E-state index in [1.807, 2.05) is 0 Å². The van der Waals surface area contributed by atoms with E-state index in [4.69, 9.17) is 4.52 Å². The second kappa shape index (κ2) is 6.37. The van der Waals surface area contributed by atoms with Crippen LogP contribution in [0.1, 0.15) is 28.4 Å². The molecule has 21 heavy (non-hydrogen) atoms. The predicted octanol–water partition coefficient (Wildman–Crippen LogP) is 1.68. The fourth-order valence-corrected chi connectivity index (χ4v) is 2.58. The van der Waals surface area contributed by atoms with Gasteiger partial charge >= 0.3 is 0 Å². The maximum Gasteiger partial charge on any atom is 0.240 e. The summed E-state index contributed by atoms with van der Waals surface area (Å²) in [4.78, 5) is 6.85. The molecular weight excluding hydrogens is 264 g/mol. The molecule has 0 atom stereocenters. The second-order valence-corrected chi connectivity index (χ2v) is 5.73. The van der Waals surface area contributed by atoms with Gasteiger partial charge in [0, 0.05) is 32.6 Å². The van der Waals surface area contributed by atoms with Crippen molar-refractivity contribution in [2.45, 2.75) is 26.8 Å². The zero-order valence-electron chi connectivity index (χ0n) is 12.7. The van der Waals surface area contributed by atoms with Crippen molar-refractivity contribution in [1.29, 1.82) is 0 Å². The highest BCUT2D eigenvalue weighted by atomic mass is 16.5. The highest BCUT2D eigenvalue weighted by Crippen LogP contribution is 2.13. The molecule has 1 aliphatic heterocycles. The van der Waals surface area contributed by atoms with Crippen LogP contribution in [0.15, 0.2) is 22.7 Å². The normalized spacial score (nSPS) is 16.3. The first kappa shape index (κ1) is 14.2. The van der Waals surface area contributed by atoms with Gasteiger partial charge in [-0.15, -0.1) is 0 Å². The maximum atomic E-state index is 5.37. The van der Waals surface area contributed by atoms with Gasteiger partial charge in [-0.25, -0.2) is 0 Å². The summed E-state index contributed by atoms with van der Waals surface area (Å²) < 4.78 is 5.37. The second-order valence-electron chi connectivity index (χ2n) is 5.73. The Kier molecular flexibility index (Phi) is 4.31. The van der Waals surface area contributed by atoms with Crippen molar-refractivity contribution in [3.05, 3.63) is 46.6 Å². The number of hydrogen-bond donors (Lipinski definition) is 1. The van der Waals surface area contributed by atoms with E-state index >= 15 is 0 Å². The van der Waals surface area contributed by atoms with Crippen molar-refractivity contribution in [1.82, 2.24) is 20.4 Å². The van der Waals surface area contributed by atoms with E-state index in [0.717, 1.165) is 50.9 Å². The number of aromatic nitrogens is 2. The molecule has 112 valence electrons. The minimum absolute atomic E-state index is 0.718. The smallest absolute Gasteiger partial charge is 0.240 e. The van der Waals surface area contributed by atoms with Gasteiger partial charge in [0.2, 0.25) is 5.89 Å². The number of piperazine rings is 1. The fourth-order valence-electron chi connectivity index (χ4n) is 2.58. The van der Waals surface area contributed by atoms with E-state index in [0.29, 0.717) is 0 Å². The molecule has 3 rings (SSSR count). The summed E-state index contributed by atoms with van der Waals surface area (Å²) >= 11 is 0. The van der Waals surface area contributed by atoms with Crippen LogP contribution in [0.25, 0.3) is 0 Å². The Morgan fingerprint density at radius 2 is 2.00 bits per heavy atom. The van der Waals surface area contributed by atoms with Crippen LogP contribution in [-0.4, -0.2) is 41.2 Å². The van der Waals surface area contributed by atoms with Gasteiger partial charge in [-0.2, -0.15) is 4.98 Å². The average molecular weight is 286 g/mol. The monoisotopic (exact) mass is 286 g/mol. The minimum Gasteiger partial charge on any atom is -0.338 e. The Labute approximate surface area is 125 Å². The first-order valence-corrected chi connectivity index (χ1v) is 7.51. The van der Waals surface area contributed by atoms with E-state index in [2.05, 4.69) is 52.4 Å². The third-order valence-corrected chi connectivity index (χ3v) is 4.01. The number of benzene rings is 1. The van der Waals surface area contributed by atoms with Crippen LogP contribution in [-0.2, 0) is 13.0 Å². The van der Waals surface area contributed by atoms with Crippen molar-refractivity contribution in [2.75, 3.05) is 26.2 Å². The largest absolute Gasteiger partial charge is 0.338 e. The lowest BCUT2D eigenvalue weighted by molar-refractivity contribution is 0.203. The van der Waals surface area contributed by atoms with Crippen LogP contribution in [0.2, 0.25) is 0 Å². The van der Waals surface area contributed by atoms with Crippen molar-refractivity contribution in [2.24, 2.45) is 0 Å². The molecule has 0 amide bonds. The van der Waals surface area contributed by atoms with Crippen LogP contribution < -0.4 is 5.32 Å². The first-order valence-electron chi connectivity index (χ1n) is 7.51. The van der Waals surface area contributed by atoms with Crippen LogP contribution in [0.5, 0.6) is 0 Å². The molecule has 1 aromatic heterocycles. The highest BCUT2D eigenvalue weighted by molar-refractivity contribution is 5.31. The molecule has 2 heterocycles. The van der Waals surface area contributed by atoms with E-state index in [1.165, 1.54) is 16.7 Å². The van der Waals surface area contributed by atoms with Gasteiger partial charge in [0.05, 0.1) is 6.54 Å². The van der Waals surface area contributed by atoms with Crippen molar-refractivity contribution in [3.63, 3.8) is 0 Å². The van der Waals surface area contributed by atoms with E-state index in [-0.39, 0.29) is 0 Å². The summed E-state index contributed by atoms with van der Waals surface area (Å²) in [6.07, 6.45) is 0.728. The lowest BCUT2D eigenvalue weighted by atomic mass is 10.0. The summed E-state index contributed by atoms with van der Waals surface area (Å²) in [6, 6.07) is 6.47. The van der Waals surface area contributed by atoms with Gasteiger partial charge < -0.3 is 9.84 Å². The third-order valence-electron chi connectivity index (χ3n) is 4.01. The number of nitrogens with one attached hydrogen (secondary N) is 1. The van der Waals surface area contributed by atoms with Gasteiger partial charge in [-0.3, -0.25) is 4.90 Å². The molecule has 0 aliphatic carbocycles. The molecule has 5 heteroatoms. The third kappa shape index (κ3) is 3.68. The van der Waals surface area contributed by atoms with Gasteiger partial charge in [-0.1, -0.05) is 23.4 Å². The van der Waals surface area contributed by atoms with Crippen LogP contribution in [0.4, 0.5) is 0 Å². The lowest BCUT2D eigenvalue weighted by Gasteiger charge is -2.25. The molecule has 0 saturated carbocycles. The van der Waals surface area contributed by atoms with Gasteiger partial charge in [-0.05, 0) is 30.5 Å². The Bertz CT molecular complexity index is 602. The molecular formula is C16H22N4O. The van der Waals surface area contributed by atoms with Crippen LogP contribution in [0, 0.1) is 13.8 Å². The molecule has 1 aromatic carbocycles. The van der Waals surface area contributed by atoms with Crippen LogP contribution in [0.3, 0.4) is 0 Å². The molecule has 5 nitrogen and oxygen atoms in total. The molecule has 1 N–H and O–H groups in total. The molecule has 1 fully saturated rings. The molecule has 0 unspecified atom stereocenters. The summed E-state index contributed by atoms with van der Waals surface area (Å²) in [6.45, 7) is 9.14. The average Bonchev–Trinajstić information content (AvgIpc) is 2.91. The van der Waals surface area contributed by atoms with E-state index in [1.54, 1.807) is 0 Å². The zero-order valence-corrected chi connectivity index (χ0v) is 12.7. The molecule has 1 aliphatic rings. The standard InChI is InChI=1S/C16H22N4O/c1-12-3-4-14(9-13(12)2)10-15-18-16(21-19-15)11-20-7-5-17-6-8-20/h3-4,9,17H,5-8,10-11H2,1-2H3. The fraction of sp³-hybridized carbons (Fsp3) is 0.500. The minimum atomic E-state index is 0.718. The topological polar surface area (TPSA) is 54.2 Å². The summed E-state index contributed by atoms with van der Waals surface area (Å²) in [5, 5.41) is 7.44. The quantitative estimate of drug-likeness (QED) is 0.927. The van der Waals surface area contributed by atoms with Crippen molar-refractivity contribution < 1.29 is 4.52 Å². The molecule has 0 radical (unpaired) electrons. The Morgan fingerprint density at radius 1 is 1.19 bits per heavy atom. The number of rotatable bonds is 4. The Balaban J connectivity index is 1.62. The molecule has 0 bridgehead atoms. The van der Waals surface area contributed by atoms with Gasteiger partial charge in [0.1, 0.15) is 0 Å². The number of aryl methyl sites for hydroxylation is 2. The lowest BCUT2D eigenvalue weighted by Crippen LogP contribution is -2.42. The summed E-state index contributed by atoms with van der Waals surface area (Å²) in [5.41, 5.74) is 3.84. The van der Waals surface area contributed by atoms with Crippen molar-refractivity contribution >= 4 is 0 Å². The number of nitrogens with zero attached hydrogens (tertiary/aromatic N) is 3. The SMILES string of the molecule is Cc1ccc(Cc2noc(CN3CCNCC3)n2)cc1C. The Hall–Kier alpha value is -1.72. The molecule has 1 saturated heterocycles. The summed E-state index contributed by atoms with van der Waals surface area (Å²) in [5.74, 6) is 1.49. The molecule has 0 spiro atoms. The van der Waals surface area contributed by atoms with Gasteiger partial charge in [0.25, 0.3) is 0 Å². The van der Waals surface area contributed by atoms with E-state index < -0.39 is 0 Å². The summed E-state index contributed by atoms with van der Waals surface area (Å²) in [7, 11) is 0. The highest BCUT2D eigenvalue weighted by Gasteiger charge is 2.14. The predicted molar refractivity (Wildman–Crippen MR) is 81.2 cm³/mol. The zero-order chi connectivity index (χ0) is 14.7.